The van der Waals surface area contributed by atoms with Crippen LogP contribution in [0.2, 0.25) is 0 Å². The van der Waals surface area contributed by atoms with E-state index in [1.165, 1.54) is 0 Å². The lowest BCUT2D eigenvalue weighted by Crippen LogP contribution is -2.20. The molecule has 3 aromatic carbocycles. The Bertz CT molecular complexity index is 1110. The molecule has 170 valence electrons. The zero-order valence-electron chi connectivity index (χ0n) is 17.9. The van der Waals surface area contributed by atoms with Gasteiger partial charge in [-0.05, 0) is 66.2 Å². The summed E-state index contributed by atoms with van der Waals surface area (Å²) < 4.78 is 16.0. The van der Waals surface area contributed by atoms with Gasteiger partial charge in [0.25, 0.3) is 5.91 Å². The minimum absolute atomic E-state index is 0.00862. The fraction of sp³-hybridized carbons (Fsp3) is 0.125. The predicted molar refractivity (Wildman–Crippen MR) is 121 cm³/mol. The number of ether oxygens (including phenoxy) is 3. The van der Waals surface area contributed by atoms with Gasteiger partial charge < -0.3 is 30.5 Å². The van der Waals surface area contributed by atoms with Crippen LogP contribution < -0.4 is 25.7 Å². The van der Waals surface area contributed by atoms with Crippen molar-refractivity contribution in [2.24, 2.45) is 16.6 Å². The van der Waals surface area contributed by atoms with E-state index in [0.29, 0.717) is 29.2 Å². The number of nitrogens with two attached hydrogens (primary N) is 2. The topological polar surface area (TPSA) is 135 Å². The number of hydrogen-bond donors (Lipinski definition) is 2. The summed E-state index contributed by atoms with van der Waals surface area (Å²) in [6.45, 7) is 0.110. The second-order valence-corrected chi connectivity index (χ2v) is 6.80. The Hall–Kier alpha value is -4.53. The number of benzene rings is 3. The standard InChI is InChI=1S/C24H23N3O6/c1-30-19-10-12-21(13-11-19)31-14-16-2-4-18(5-3-16)24(29)33-27-23(26)17-6-8-20(9-7-17)32-15-22(25)28/h2-13H,14-15H2,1H3,(H2,25,28)(H2,26,27). The average Bonchev–Trinajstić information content (AvgIpc) is 2.85. The largest absolute Gasteiger partial charge is 0.497 e. The van der Waals surface area contributed by atoms with Crippen LogP contribution in [0, 0.1) is 0 Å². The zero-order chi connectivity index (χ0) is 23.6. The molecule has 3 aromatic rings. The maximum Gasteiger partial charge on any atom is 0.365 e. The first-order chi connectivity index (χ1) is 15.9. The normalized spacial score (nSPS) is 10.9. The molecule has 4 N–H and O–H groups in total. The highest BCUT2D eigenvalue weighted by Gasteiger charge is 2.09. The van der Waals surface area contributed by atoms with Crippen molar-refractivity contribution in [3.8, 4) is 17.2 Å². The molecule has 0 aliphatic carbocycles. The van der Waals surface area contributed by atoms with E-state index in [9.17, 15) is 9.59 Å². The number of amidine groups is 1. The predicted octanol–water partition coefficient (Wildman–Crippen LogP) is 2.62. The van der Waals surface area contributed by atoms with Gasteiger partial charge in [0.1, 0.15) is 23.9 Å². The maximum absolute atomic E-state index is 12.2. The van der Waals surface area contributed by atoms with Crippen molar-refractivity contribution in [3.63, 3.8) is 0 Å². The van der Waals surface area contributed by atoms with Crippen LogP contribution in [0.5, 0.6) is 17.2 Å². The summed E-state index contributed by atoms with van der Waals surface area (Å²) in [6, 6.07) is 20.4. The molecule has 0 aromatic heterocycles. The van der Waals surface area contributed by atoms with Gasteiger partial charge in [0, 0.05) is 5.56 Å². The Morgan fingerprint density at radius 3 is 1.91 bits per heavy atom. The number of carbonyl (C=O) groups excluding carboxylic acids is 2. The van der Waals surface area contributed by atoms with E-state index in [-0.39, 0.29) is 12.4 Å². The maximum atomic E-state index is 12.2. The van der Waals surface area contributed by atoms with Crippen molar-refractivity contribution in [2.45, 2.75) is 6.61 Å². The zero-order valence-corrected chi connectivity index (χ0v) is 17.9. The number of hydrogen-bond acceptors (Lipinski definition) is 7. The van der Waals surface area contributed by atoms with E-state index in [2.05, 4.69) is 5.16 Å². The Balaban J connectivity index is 1.52. The third kappa shape index (κ3) is 7.00. The molecule has 0 saturated carbocycles. The van der Waals surface area contributed by atoms with E-state index in [1.807, 2.05) is 24.3 Å². The third-order valence-corrected chi connectivity index (χ3v) is 4.41. The monoisotopic (exact) mass is 449 g/mol. The summed E-state index contributed by atoms with van der Waals surface area (Å²) in [7, 11) is 1.60. The summed E-state index contributed by atoms with van der Waals surface area (Å²) in [5, 5.41) is 3.68. The van der Waals surface area contributed by atoms with Gasteiger partial charge in [-0.25, -0.2) is 4.79 Å². The van der Waals surface area contributed by atoms with E-state index in [1.54, 1.807) is 55.6 Å². The summed E-state index contributed by atoms with van der Waals surface area (Å²) in [6.07, 6.45) is 0. The van der Waals surface area contributed by atoms with Gasteiger partial charge in [-0.3, -0.25) is 4.79 Å². The average molecular weight is 449 g/mol. The molecular formula is C24H23N3O6. The van der Waals surface area contributed by atoms with Gasteiger partial charge in [-0.2, -0.15) is 0 Å². The molecule has 0 aliphatic rings. The van der Waals surface area contributed by atoms with Gasteiger partial charge in [0.05, 0.1) is 12.7 Å². The smallest absolute Gasteiger partial charge is 0.365 e. The molecule has 33 heavy (non-hydrogen) atoms. The molecule has 0 atom stereocenters. The molecule has 0 bridgehead atoms. The molecule has 0 unspecified atom stereocenters. The van der Waals surface area contributed by atoms with Crippen LogP contribution in [0.3, 0.4) is 0 Å². The molecule has 1 amide bonds. The summed E-state index contributed by atoms with van der Waals surface area (Å²) in [4.78, 5) is 27.9. The van der Waals surface area contributed by atoms with Crippen molar-refractivity contribution in [1.29, 1.82) is 0 Å². The van der Waals surface area contributed by atoms with Crippen molar-refractivity contribution in [2.75, 3.05) is 13.7 Å². The summed E-state index contributed by atoms with van der Waals surface area (Å²) in [5.41, 5.74) is 12.6. The molecule has 0 fully saturated rings. The third-order valence-electron chi connectivity index (χ3n) is 4.41. The second-order valence-electron chi connectivity index (χ2n) is 6.80. The van der Waals surface area contributed by atoms with Crippen LogP contribution in [-0.4, -0.2) is 31.4 Å². The van der Waals surface area contributed by atoms with Crippen LogP contribution >= 0.6 is 0 Å². The number of rotatable bonds is 10. The molecule has 3 rings (SSSR count). The van der Waals surface area contributed by atoms with Gasteiger partial charge in [0.15, 0.2) is 12.4 Å². The van der Waals surface area contributed by atoms with Gasteiger partial charge >= 0.3 is 5.97 Å². The molecule has 0 saturated heterocycles. The molecule has 0 spiro atoms. The van der Waals surface area contributed by atoms with Crippen LogP contribution in [0.15, 0.2) is 78.0 Å². The Morgan fingerprint density at radius 2 is 1.30 bits per heavy atom. The van der Waals surface area contributed by atoms with Crippen molar-refractivity contribution < 1.29 is 28.6 Å². The Labute approximate surface area is 190 Å². The van der Waals surface area contributed by atoms with Crippen LogP contribution in [-0.2, 0) is 16.2 Å². The van der Waals surface area contributed by atoms with Crippen molar-refractivity contribution in [3.05, 3.63) is 89.5 Å². The Kier molecular flexibility index (Phi) is 7.85. The van der Waals surface area contributed by atoms with E-state index < -0.39 is 11.9 Å². The van der Waals surface area contributed by atoms with E-state index in [0.717, 1.165) is 11.3 Å². The number of carbonyl (C=O) groups is 2. The van der Waals surface area contributed by atoms with E-state index >= 15 is 0 Å². The number of oxime groups is 1. The van der Waals surface area contributed by atoms with Gasteiger partial charge in [-0.15, -0.1) is 0 Å². The lowest BCUT2D eigenvalue weighted by atomic mass is 10.1. The highest BCUT2D eigenvalue weighted by Crippen LogP contribution is 2.18. The SMILES string of the molecule is COc1ccc(OCc2ccc(C(=O)O/N=C(\N)c3ccc(OCC(N)=O)cc3)cc2)cc1. The molecule has 0 aliphatic heterocycles. The van der Waals surface area contributed by atoms with Gasteiger partial charge in [-0.1, -0.05) is 17.3 Å². The first-order valence-corrected chi connectivity index (χ1v) is 9.87. The number of primary amides is 1. The van der Waals surface area contributed by atoms with Crippen LogP contribution in [0.25, 0.3) is 0 Å². The van der Waals surface area contributed by atoms with Crippen LogP contribution in [0.1, 0.15) is 21.5 Å². The van der Waals surface area contributed by atoms with Crippen LogP contribution in [0.4, 0.5) is 0 Å². The lowest BCUT2D eigenvalue weighted by Gasteiger charge is -2.08. The first-order valence-electron chi connectivity index (χ1n) is 9.87. The van der Waals surface area contributed by atoms with Crippen molar-refractivity contribution in [1.82, 2.24) is 0 Å². The summed E-state index contributed by atoms with van der Waals surface area (Å²) >= 11 is 0. The lowest BCUT2D eigenvalue weighted by molar-refractivity contribution is -0.119. The molecule has 0 radical (unpaired) electrons. The highest BCUT2D eigenvalue weighted by atomic mass is 16.7. The number of nitrogens with zero attached hydrogens (tertiary/aromatic N) is 1. The fourth-order valence-electron chi connectivity index (χ4n) is 2.65. The first kappa shape index (κ1) is 23.1. The number of methoxy groups -OCH3 is 1. The molecule has 9 nitrogen and oxygen atoms in total. The second kappa shape index (κ2) is 11.2. The van der Waals surface area contributed by atoms with Gasteiger partial charge in [0.2, 0.25) is 0 Å². The van der Waals surface area contributed by atoms with E-state index in [4.69, 9.17) is 30.5 Å². The van der Waals surface area contributed by atoms with Crippen molar-refractivity contribution >= 4 is 17.7 Å². The molecular weight excluding hydrogens is 426 g/mol. The molecule has 0 heterocycles. The number of amides is 1. The fourth-order valence-corrected chi connectivity index (χ4v) is 2.65. The minimum atomic E-state index is -0.651. The summed E-state index contributed by atoms with van der Waals surface area (Å²) in [5.74, 6) is 0.677. The minimum Gasteiger partial charge on any atom is -0.497 e. The quantitative estimate of drug-likeness (QED) is 0.210. The molecule has 9 heteroatoms. The Morgan fingerprint density at radius 1 is 0.758 bits per heavy atom. The highest BCUT2D eigenvalue weighted by molar-refractivity contribution is 5.98.